The van der Waals surface area contributed by atoms with E-state index in [1.54, 1.807) is 0 Å². The second-order valence-corrected chi connectivity index (χ2v) is 25.0. The average Bonchev–Trinajstić information content (AvgIpc) is 3.47. The molecule has 0 saturated carbocycles. The summed E-state index contributed by atoms with van der Waals surface area (Å²) in [5.41, 5.74) is 0. The van der Waals surface area contributed by atoms with Crippen LogP contribution in [-0.2, 0) is 0 Å². The van der Waals surface area contributed by atoms with Crippen molar-refractivity contribution >= 4 is 0 Å². The molecule has 2 heteroatoms. The molecule has 6 N–H and O–H groups in total. The summed E-state index contributed by atoms with van der Waals surface area (Å²) in [6, 6.07) is 0. The van der Waals surface area contributed by atoms with Crippen LogP contribution in [0, 0.1) is 0 Å². The second kappa shape index (κ2) is 127. The standard InChI is InChI=1S/8C10H22.2H3N/c8*1-3-5-7-9-10-8-6-4-2;;/h8*3-10H2,1-2H3;2*1H3. The molecule has 0 aliphatic carbocycles. The van der Waals surface area contributed by atoms with Crippen LogP contribution in [0.25, 0.3) is 0 Å². The second-order valence-electron chi connectivity index (χ2n) is 25.0. The highest BCUT2D eigenvalue weighted by Crippen LogP contribution is 2.13. The highest BCUT2D eigenvalue weighted by molar-refractivity contribution is 4.49. The van der Waals surface area contributed by atoms with Gasteiger partial charge < -0.3 is 12.3 Å². The quantitative estimate of drug-likeness (QED) is 0.0596. The summed E-state index contributed by atoms with van der Waals surface area (Å²) < 4.78 is 0. The van der Waals surface area contributed by atoms with Gasteiger partial charge in [0.25, 0.3) is 0 Å². The molecule has 0 atom stereocenters. The van der Waals surface area contributed by atoms with Gasteiger partial charge in [0.15, 0.2) is 0 Å². The third-order valence-corrected chi connectivity index (χ3v) is 15.7. The molecule has 0 aliphatic rings. The predicted octanol–water partition coefficient (Wildman–Crippen LogP) is 33.5. The molecule has 0 aromatic heterocycles. The van der Waals surface area contributed by atoms with E-state index in [0.717, 1.165) is 0 Å². The van der Waals surface area contributed by atoms with Crippen molar-refractivity contribution in [1.29, 1.82) is 0 Å². The molecule has 82 heavy (non-hydrogen) atoms. The van der Waals surface area contributed by atoms with E-state index in [4.69, 9.17) is 0 Å². The van der Waals surface area contributed by atoms with Crippen molar-refractivity contribution in [2.75, 3.05) is 0 Å². The third-order valence-electron chi connectivity index (χ3n) is 15.7. The molecule has 0 amide bonds. The first-order valence-electron chi connectivity index (χ1n) is 39.3. The van der Waals surface area contributed by atoms with E-state index in [0.29, 0.717) is 0 Å². The summed E-state index contributed by atoms with van der Waals surface area (Å²) in [5, 5.41) is 0. The minimum Gasteiger partial charge on any atom is -0.344 e. The van der Waals surface area contributed by atoms with E-state index >= 15 is 0 Å². The third kappa shape index (κ3) is 159. The van der Waals surface area contributed by atoms with E-state index in [2.05, 4.69) is 111 Å². The predicted molar refractivity (Wildman–Crippen MR) is 396 cm³/mol. The van der Waals surface area contributed by atoms with Gasteiger partial charge in [-0.25, -0.2) is 0 Å². The molecule has 0 spiro atoms. The first-order chi connectivity index (χ1) is 39.3. The molecule has 0 saturated heterocycles. The largest absolute Gasteiger partial charge is 0.344 e. The molecule has 0 radical (unpaired) electrons. The molecule has 0 aromatic rings. The zero-order chi connectivity index (χ0) is 61.3. The van der Waals surface area contributed by atoms with Crippen LogP contribution in [0.4, 0.5) is 0 Å². The first-order valence-corrected chi connectivity index (χ1v) is 39.3. The molecular formula is C80H182N2. The van der Waals surface area contributed by atoms with Crippen LogP contribution in [0.5, 0.6) is 0 Å². The monoisotopic (exact) mass is 1170 g/mol. The Morgan fingerprint density at radius 1 is 0.0732 bits per heavy atom. The van der Waals surface area contributed by atoms with Crippen molar-refractivity contribution in [3.63, 3.8) is 0 Å². The summed E-state index contributed by atoms with van der Waals surface area (Å²) in [6.07, 6.45) is 91.7. The summed E-state index contributed by atoms with van der Waals surface area (Å²) >= 11 is 0. The zero-order valence-electron chi connectivity index (χ0n) is 62.7. The summed E-state index contributed by atoms with van der Waals surface area (Å²) in [5.74, 6) is 0. The van der Waals surface area contributed by atoms with E-state index in [9.17, 15) is 0 Å². The molecule has 0 bridgehead atoms. The fraction of sp³-hybridized carbons (Fsp3) is 1.00. The molecular weight excluding hydrogens is 989 g/mol. The Balaban J connectivity index is -0.0000000900. The number of hydrogen-bond donors (Lipinski definition) is 2. The van der Waals surface area contributed by atoms with E-state index < -0.39 is 0 Å². The molecule has 0 fully saturated rings. The van der Waals surface area contributed by atoms with Crippen molar-refractivity contribution in [2.45, 2.75) is 522 Å². The van der Waals surface area contributed by atoms with E-state index in [-0.39, 0.29) is 12.3 Å². The summed E-state index contributed by atoms with van der Waals surface area (Å²) in [6.45, 7) is 36.3. The minimum absolute atomic E-state index is 0. The van der Waals surface area contributed by atoms with Crippen molar-refractivity contribution in [2.24, 2.45) is 0 Å². The topological polar surface area (TPSA) is 70.0 Å². The first kappa shape index (κ1) is 104. The number of rotatable bonds is 56. The lowest BCUT2D eigenvalue weighted by molar-refractivity contribution is 0.585. The molecule has 0 aliphatic heterocycles. The van der Waals surface area contributed by atoms with Gasteiger partial charge in [-0.2, -0.15) is 0 Å². The van der Waals surface area contributed by atoms with E-state index in [1.807, 2.05) is 0 Å². The van der Waals surface area contributed by atoms with Crippen molar-refractivity contribution < 1.29 is 0 Å². The molecule has 0 unspecified atom stereocenters. The fourth-order valence-corrected chi connectivity index (χ4v) is 9.66. The summed E-state index contributed by atoms with van der Waals surface area (Å²) in [4.78, 5) is 0. The lowest BCUT2D eigenvalue weighted by atomic mass is 10.1. The van der Waals surface area contributed by atoms with Gasteiger partial charge in [0.2, 0.25) is 0 Å². The van der Waals surface area contributed by atoms with Gasteiger partial charge in [0, 0.05) is 0 Å². The van der Waals surface area contributed by atoms with Gasteiger partial charge in [0.05, 0.1) is 0 Å². The van der Waals surface area contributed by atoms with Gasteiger partial charge in [-0.3, -0.25) is 0 Å². The van der Waals surface area contributed by atoms with Crippen LogP contribution in [0.2, 0.25) is 0 Å². The highest BCUT2D eigenvalue weighted by atomic mass is 14.0. The maximum absolute atomic E-state index is 2.27. The maximum atomic E-state index is 2.27. The van der Waals surface area contributed by atoms with Gasteiger partial charge >= 0.3 is 0 Å². The van der Waals surface area contributed by atoms with Crippen molar-refractivity contribution in [1.82, 2.24) is 12.3 Å². The van der Waals surface area contributed by atoms with Crippen LogP contribution < -0.4 is 12.3 Å². The van der Waals surface area contributed by atoms with Crippen LogP contribution >= 0.6 is 0 Å². The minimum atomic E-state index is 0. The van der Waals surface area contributed by atoms with Crippen LogP contribution in [0.15, 0.2) is 0 Å². The molecule has 2 nitrogen and oxygen atoms in total. The normalized spacial score (nSPS) is 9.95. The Morgan fingerprint density at radius 3 is 0.146 bits per heavy atom. The Labute approximate surface area is 531 Å². The van der Waals surface area contributed by atoms with Crippen LogP contribution in [0.3, 0.4) is 0 Å². The SMILES string of the molecule is CCCCCCCCCC.CCCCCCCCCC.CCCCCCCCCC.CCCCCCCCCC.CCCCCCCCCC.CCCCCCCCCC.CCCCCCCCCC.CCCCCCCCCC.N.N. The molecule has 0 aromatic carbocycles. The van der Waals surface area contributed by atoms with Gasteiger partial charge in [0.1, 0.15) is 0 Å². The highest BCUT2D eigenvalue weighted by Gasteiger charge is 1.93. The fourth-order valence-electron chi connectivity index (χ4n) is 9.66. The lowest BCUT2D eigenvalue weighted by Crippen LogP contribution is -1.77. The summed E-state index contributed by atoms with van der Waals surface area (Å²) in [7, 11) is 0. The average molecular weight is 1170 g/mol. The maximum Gasteiger partial charge on any atom is -0.0533 e. The lowest BCUT2D eigenvalue weighted by Gasteiger charge is -1.97. The van der Waals surface area contributed by atoms with Crippen LogP contribution in [0.1, 0.15) is 522 Å². The smallest absolute Gasteiger partial charge is 0.0533 e. The van der Waals surface area contributed by atoms with Gasteiger partial charge in [-0.15, -0.1) is 0 Å². The Morgan fingerprint density at radius 2 is 0.110 bits per heavy atom. The Hall–Kier alpha value is -0.0800. The Bertz CT molecular complexity index is 526. The zero-order valence-corrected chi connectivity index (χ0v) is 62.7. The van der Waals surface area contributed by atoms with Gasteiger partial charge in [-0.05, 0) is 0 Å². The van der Waals surface area contributed by atoms with Crippen molar-refractivity contribution in [3.05, 3.63) is 0 Å². The Kier molecular flexibility index (Phi) is 160. The van der Waals surface area contributed by atoms with E-state index in [1.165, 1.54) is 411 Å². The molecule has 512 valence electrons. The van der Waals surface area contributed by atoms with Gasteiger partial charge in [-0.1, -0.05) is 522 Å². The molecule has 0 rings (SSSR count). The van der Waals surface area contributed by atoms with Crippen LogP contribution in [-0.4, -0.2) is 0 Å². The number of hydrogen-bond acceptors (Lipinski definition) is 2. The number of unbranched alkanes of at least 4 members (excludes halogenated alkanes) is 56. The molecule has 0 heterocycles. The van der Waals surface area contributed by atoms with Crippen molar-refractivity contribution in [3.8, 4) is 0 Å².